The fourth-order valence-electron chi connectivity index (χ4n) is 3.79. The Balaban J connectivity index is 1.60. The van der Waals surface area contributed by atoms with Crippen LogP contribution in [0.4, 0.5) is 0 Å². The SMILES string of the molecule is O=C(NCC1CCCCC1)[C@@H]1CCCc2ccccc21. The lowest BCUT2D eigenvalue weighted by atomic mass is 9.82. The maximum absolute atomic E-state index is 12.5. The van der Waals surface area contributed by atoms with E-state index in [0.29, 0.717) is 5.92 Å². The van der Waals surface area contributed by atoms with Crippen LogP contribution >= 0.6 is 0 Å². The third-order valence-electron chi connectivity index (χ3n) is 4.98. The molecule has 1 aromatic rings. The fourth-order valence-corrected chi connectivity index (χ4v) is 3.79. The largest absolute Gasteiger partial charge is 0.355 e. The van der Waals surface area contributed by atoms with E-state index < -0.39 is 0 Å². The van der Waals surface area contributed by atoms with Gasteiger partial charge < -0.3 is 5.32 Å². The Kier molecular flexibility index (Phi) is 4.39. The third-order valence-corrected chi connectivity index (χ3v) is 4.98. The average Bonchev–Trinajstić information content (AvgIpc) is 2.53. The minimum absolute atomic E-state index is 0.0866. The van der Waals surface area contributed by atoms with Gasteiger partial charge in [0.2, 0.25) is 5.91 Å². The number of fused-ring (bicyclic) bond motifs is 1. The molecular formula is C18H25NO. The number of hydrogen-bond acceptors (Lipinski definition) is 1. The number of carbonyl (C=O) groups is 1. The molecule has 1 saturated carbocycles. The topological polar surface area (TPSA) is 29.1 Å². The van der Waals surface area contributed by atoms with Crippen molar-refractivity contribution in [3.63, 3.8) is 0 Å². The maximum atomic E-state index is 12.5. The van der Waals surface area contributed by atoms with Crippen molar-refractivity contribution in [2.75, 3.05) is 6.54 Å². The molecule has 2 aliphatic carbocycles. The summed E-state index contributed by atoms with van der Waals surface area (Å²) in [4.78, 5) is 12.5. The molecule has 1 N–H and O–H groups in total. The second kappa shape index (κ2) is 6.43. The van der Waals surface area contributed by atoms with Gasteiger partial charge in [0.25, 0.3) is 0 Å². The van der Waals surface area contributed by atoms with Crippen molar-refractivity contribution in [2.45, 2.75) is 57.3 Å². The highest BCUT2D eigenvalue weighted by Gasteiger charge is 2.26. The Bertz CT molecular complexity index is 462. The predicted molar refractivity (Wildman–Crippen MR) is 81.7 cm³/mol. The van der Waals surface area contributed by atoms with E-state index in [1.807, 2.05) is 0 Å². The number of carbonyl (C=O) groups excluding carboxylic acids is 1. The molecule has 1 aromatic carbocycles. The Labute approximate surface area is 122 Å². The first-order valence-electron chi connectivity index (χ1n) is 8.20. The summed E-state index contributed by atoms with van der Waals surface area (Å²) >= 11 is 0. The van der Waals surface area contributed by atoms with Crippen LogP contribution in [0.25, 0.3) is 0 Å². The van der Waals surface area contributed by atoms with Gasteiger partial charge in [0, 0.05) is 6.54 Å². The van der Waals surface area contributed by atoms with Crippen LogP contribution in [-0.2, 0) is 11.2 Å². The molecule has 0 saturated heterocycles. The van der Waals surface area contributed by atoms with E-state index in [-0.39, 0.29) is 11.8 Å². The predicted octanol–water partition coefficient (Wildman–Crippen LogP) is 3.80. The first kappa shape index (κ1) is 13.7. The Morgan fingerprint density at radius 2 is 1.85 bits per heavy atom. The molecule has 0 spiro atoms. The van der Waals surface area contributed by atoms with Crippen LogP contribution in [0, 0.1) is 5.92 Å². The number of amides is 1. The molecular weight excluding hydrogens is 246 g/mol. The van der Waals surface area contributed by atoms with Crippen molar-refractivity contribution < 1.29 is 4.79 Å². The normalized spacial score (nSPS) is 23.1. The van der Waals surface area contributed by atoms with Gasteiger partial charge in [-0.2, -0.15) is 0 Å². The molecule has 0 radical (unpaired) electrons. The summed E-state index contributed by atoms with van der Waals surface area (Å²) in [6.45, 7) is 0.886. The number of nitrogens with one attached hydrogen (secondary N) is 1. The lowest BCUT2D eigenvalue weighted by Gasteiger charge is -2.26. The highest BCUT2D eigenvalue weighted by molar-refractivity contribution is 5.84. The zero-order valence-electron chi connectivity index (χ0n) is 12.2. The monoisotopic (exact) mass is 271 g/mol. The highest BCUT2D eigenvalue weighted by Crippen LogP contribution is 2.31. The average molecular weight is 271 g/mol. The molecule has 0 unspecified atom stereocenters. The molecule has 0 bridgehead atoms. The summed E-state index contributed by atoms with van der Waals surface area (Å²) in [5, 5.41) is 3.22. The quantitative estimate of drug-likeness (QED) is 0.890. The van der Waals surface area contributed by atoms with Gasteiger partial charge in [-0.25, -0.2) is 0 Å². The molecule has 0 aliphatic heterocycles. The van der Waals surface area contributed by atoms with E-state index >= 15 is 0 Å². The Morgan fingerprint density at radius 3 is 2.70 bits per heavy atom. The van der Waals surface area contributed by atoms with Gasteiger partial charge in [0.1, 0.15) is 0 Å². The van der Waals surface area contributed by atoms with E-state index in [1.165, 1.54) is 43.2 Å². The molecule has 20 heavy (non-hydrogen) atoms. The van der Waals surface area contributed by atoms with Crippen molar-refractivity contribution in [2.24, 2.45) is 5.92 Å². The molecule has 1 fully saturated rings. The summed E-state index contributed by atoms with van der Waals surface area (Å²) in [5.74, 6) is 1.05. The minimum atomic E-state index is 0.0866. The zero-order chi connectivity index (χ0) is 13.8. The number of aryl methyl sites for hydroxylation is 1. The highest BCUT2D eigenvalue weighted by atomic mass is 16.1. The molecule has 2 nitrogen and oxygen atoms in total. The lowest BCUT2D eigenvalue weighted by molar-refractivity contribution is -0.123. The van der Waals surface area contributed by atoms with Crippen molar-refractivity contribution >= 4 is 5.91 Å². The summed E-state index contributed by atoms with van der Waals surface area (Å²) in [6.07, 6.45) is 9.91. The molecule has 0 heterocycles. The van der Waals surface area contributed by atoms with Crippen molar-refractivity contribution in [1.82, 2.24) is 5.32 Å². The molecule has 108 valence electrons. The first-order valence-corrected chi connectivity index (χ1v) is 8.20. The van der Waals surface area contributed by atoms with Crippen molar-refractivity contribution in [3.8, 4) is 0 Å². The van der Waals surface area contributed by atoms with Gasteiger partial charge >= 0.3 is 0 Å². The number of rotatable bonds is 3. The molecule has 2 heteroatoms. The summed E-state index contributed by atoms with van der Waals surface area (Å²) in [6, 6.07) is 8.46. The van der Waals surface area contributed by atoms with E-state index in [0.717, 1.165) is 25.8 Å². The molecule has 1 atom stereocenters. The molecule has 0 aromatic heterocycles. The van der Waals surface area contributed by atoms with Crippen LogP contribution in [0.15, 0.2) is 24.3 Å². The summed E-state index contributed by atoms with van der Waals surface area (Å²) in [7, 11) is 0. The van der Waals surface area contributed by atoms with E-state index in [2.05, 4.69) is 29.6 Å². The Hall–Kier alpha value is -1.31. The van der Waals surface area contributed by atoms with Crippen LogP contribution in [0.3, 0.4) is 0 Å². The third kappa shape index (κ3) is 3.05. The van der Waals surface area contributed by atoms with E-state index in [1.54, 1.807) is 0 Å². The van der Waals surface area contributed by atoms with Crippen molar-refractivity contribution in [3.05, 3.63) is 35.4 Å². The van der Waals surface area contributed by atoms with Crippen LogP contribution in [-0.4, -0.2) is 12.5 Å². The fraction of sp³-hybridized carbons (Fsp3) is 0.611. The second-order valence-corrected chi connectivity index (χ2v) is 6.39. The zero-order valence-corrected chi connectivity index (χ0v) is 12.2. The number of benzene rings is 1. The summed E-state index contributed by atoms with van der Waals surface area (Å²) < 4.78 is 0. The smallest absolute Gasteiger partial charge is 0.227 e. The standard InChI is InChI=1S/C18H25NO/c20-18(19-13-14-7-2-1-3-8-14)17-12-6-10-15-9-4-5-11-16(15)17/h4-5,9,11,14,17H,1-3,6-8,10,12-13H2,(H,19,20)/t17-/m1/s1. The van der Waals surface area contributed by atoms with Crippen LogP contribution < -0.4 is 5.32 Å². The van der Waals surface area contributed by atoms with Crippen LogP contribution in [0.1, 0.15) is 62.0 Å². The number of hydrogen-bond donors (Lipinski definition) is 1. The maximum Gasteiger partial charge on any atom is 0.227 e. The molecule has 1 amide bonds. The van der Waals surface area contributed by atoms with Gasteiger partial charge in [-0.1, -0.05) is 43.5 Å². The van der Waals surface area contributed by atoms with Crippen LogP contribution in [0.5, 0.6) is 0 Å². The van der Waals surface area contributed by atoms with Gasteiger partial charge in [-0.3, -0.25) is 4.79 Å². The van der Waals surface area contributed by atoms with E-state index in [4.69, 9.17) is 0 Å². The van der Waals surface area contributed by atoms with Gasteiger partial charge in [0.05, 0.1) is 5.92 Å². The van der Waals surface area contributed by atoms with Crippen molar-refractivity contribution in [1.29, 1.82) is 0 Å². The minimum Gasteiger partial charge on any atom is -0.355 e. The van der Waals surface area contributed by atoms with Gasteiger partial charge in [-0.15, -0.1) is 0 Å². The van der Waals surface area contributed by atoms with Crippen LogP contribution in [0.2, 0.25) is 0 Å². The lowest BCUT2D eigenvalue weighted by Crippen LogP contribution is -2.35. The van der Waals surface area contributed by atoms with Gasteiger partial charge in [0.15, 0.2) is 0 Å². The van der Waals surface area contributed by atoms with E-state index in [9.17, 15) is 4.79 Å². The molecule has 2 aliphatic rings. The Morgan fingerprint density at radius 1 is 1.05 bits per heavy atom. The first-order chi connectivity index (χ1) is 9.84. The summed E-state index contributed by atoms with van der Waals surface area (Å²) in [5.41, 5.74) is 2.64. The molecule has 3 rings (SSSR count). The second-order valence-electron chi connectivity index (χ2n) is 6.39. The van der Waals surface area contributed by atoms with Gasteiger partial charge in [-0.05, 0) is 49.1 Å².